The fourth-order valence-electron chi connectivity index (χ4n) is 2.96. The highest BCUT2D eigenvalue weighted by Gasteiger charge is 2.26. The van der Waals surface area contributed by atoms with Crippen LogP contribution in [0.5, 0.6) is 5.75 Å². The molecule has 2 heterocycles. The van der Waals surface area contributed by atoms with Crippen LogP contribution in [0.4, 0.5) is 0 Å². The number of nitrogens with zero attached hydrogens (tertiary/aromatic N) is 4. The maximum Gasteiger partial charge on any atom is 0.263 e. The number of benzene rings is 1. The van der Waals surface area contributed by atoms with Crippen molar-refractivity contribution in [1.82, 2.24) is 19.9 Å². The summed E-state index contributed by atoms with van der Waals surface area (Å²) in [6, 6.07) is 7.73. The molecule has 26 heavy (non-hydrogen) atoms. The highest BCUT2D eigenvalue weighted by molar-refractivity contribution is 5.81. The van der Waals surface area contributed by atoms with Crippen LogP contribution in [0.25, 0.3) is 0 Å². The van der Waals surface area contributed by atoms with Gasteiger partial charge in [-0.2, -0.15) is 4.98 Å². The van der Waals surface area contributed by atoms with Gasteiger partial charge in [0.05, 0.1) is 13.1 Å². The van der Waals surface area contributed by atoms with Gasteiger partial charge in [0, 0.05) is 26.2 Å². The molecule has 140 valence electrons. The lowest BCUT2D eigenvalue weighted by molar-refractivity contribution is -0.139. The zero-order chi connectivity index (χ0) is 18.5. The Morgan fingerprint density at radius 2 is 2.12 bits per heavy atom. The molecule has 1 saturated heterocycles. The third-order valence-electron chi connectivity index (χ3n) is 4.38. The zero-order valence-electron chi connectivity index (χ0n) is 15.2. The second kappa shape index (κ2) is 8.29. The Morgan fingerprint density at radius 1 is 1.35 bits per heavy atom. The normalized spacial score (nSPS) is 16.5. The van der Waals surface area contributed by atoms with E-state index < -0.39 is 6.10 Å². The van der Waals surface area contributed by atoms with Crippen molar-refractivity contribution in [2.24, 2.45) is 5.73 Å². The van der Waals surface area contributed by atoms with Gasteiger partial charge in [-0.05, 0) is 31.5 Å². The number of aryl methyl sites for hydroxylation is 1. The molecule has 0 saturated carbocycles. The maximum absolute atomic E-state index is 12.6. The van der Waals surface area contributed by atoms with Crippen LogP contribution in [-0.2, 0) is 17.9 Å². The first kappa shape index (κ1) is 18.3. The van der Waals surface area contributed by atoms with E-state index in [1.54, 1.807) is 6.92 Å². The van der Waals surface area contributed by atoms with Crippen LogP contribution >= 0.6 is 0 Å². The Labute approximate surface area is 152 Å². The van der Waals surface area contributed by atoms with E-state index in [-0.39, 0.29) is 12.5 Å². The molecule has 2 N–H and O–H groups in total. The Balaban J connectivity index is 1.48. The van der Waals surface area contributed by atoms with Gasteiger partial charge in [0.2, 0.25) is 5.89 Å². The molecule has 8 heteroatoms. The predicted octanol–water partition coefficient (Wildman–Crippen LogP) is 0.948. The summed E-state index contributed by atoms with van der Waals surface area (Å²) in [6.07, 6.45) is -0.507. The number of piperazine rings is 1. The maximum atomic E-state index is 12.6. The van der Waals surface area contributed by atoms with Gasteiger partial charge in [0.1, 0.15) is 5.75 Å². The Kier molecular flexibility index (Phi) is 5.85. The number of ether oxygens (including phenoxy) is 1. The lowest BCUT2D eigenvalue weighted by Gasteiger charge is -2.35. The van der Waals surface area contributed by atoms with Gasteiger partial charge in [0.25, 0.3) is 5.91 Å². The van der Waals surface area contributed by atoms with E-state index in [0.717, 1.165) is 24.4 Å². The van der Waals surface area contributed by atoms with Crippen LogP contribution in [-0.4, -0.2) is 58.1 Å². The van der Waals surface area contributed by atoms with Crippen molar-refractivity contribution in [3.05, 3.63) is 41.5 Å². The quantitative estimate of drug-likeness (QED) is 0.820. The van der Waals surface area contributed by atoms with Gasteiger partial charge >= 0.3 is 0 Å². The van der Waals surface area contributed by atoms with Crippen LogP contribution in [0.15, 0.2) is 28.8 Å². The molecule has 1 aromatic carbocycles. The fourth-order valence-corrected chi connectivity index (χ4v) is 2.96. The Bertz CT molecular complexity index is 740. The van der Waals surface area contributed by atoms with Gasteiger partial charge in [0.15, 0.2) is 11.9 Å². The highest BCUT2D eigenvalue weighted by atomic mass is 16.5. The van der Waals surface area contributed by atoms with Crippen LogP contribution in [0.1, 0.15) is 24.2 Å². The molecule has 1 aliphatic heterocycles. The molecule has 1 fully saturated rings. The van der Waals surface area contributed by atoms with Gasteiger partial charge in [-0.1, -0.05) is 17.3 Å². The minimum Gasteiger partial charge on any atom is -0.481 e. The number of carbonyl (C=O) groups excluding carboxylic acids is 1. The third kappa shape index (κ3) is 4.59. The summed E-state index contributed by atoms with van der Waals surface area (Å²) >= 11 is 0. The first-order valence-electron chi connectivity index (χ1n) is 8.81. The second-order valence-electron chi connectivity index (χ2n) is 6.49. The minimum absolute atomic E-state index is 0.0103. The molecular weight excluding hydrogens is 334 g/mol. The molecule has 0 aliphatic carbocycles. The largest absolute Gasteiger partial charge is 0.481 e. The Hall–Kier alpha value is -2.45. The number of nitrogens with two attached hydrogens (primary N) is 1. The van der Waals surface area contributed by atoms with E-state index in [2.05, 4.69) is 15.0 Å². The summed E-state index contributed by atoms with van der Waals surface area (Å²) in [5.41, 5.74) is 6.58. The highest BCUT2D eigenvalue weighted by Crippen LogP contribution is 2.16. The summed E-state index contributed by atoms with van der Waals surface area (Å²) in [5, 5.41) is 3.91. The average molecular weight is 359 g/mol. The number of hydrogen-bond acceptors (Lipinski definition) is 7. The van der Waals surface area contributed by atoms with Crippen molar-refractivity contribution in [2.45, 2.75) is 33.0 Å². The summed E-state index contributed by atoms with van der Waals surface area (Å²) in [5.74, 6) is 1.80. The van der Waals surface area contributed by atoms with Crippen molar-refractivity contribution in [2.75, 3.05) is 26.2 Å². The van der Waals surface area contributed by atoms with Crippen LogP contribution in [0, 0.1) is 6.92 Å². The van der Waals surface area contributed by atoms with E-state index in [1.807, 2.05) is 36.1 Å². The standard InChI is InChI=1S/C18H25N5O3/c1-13-4-3-5-15(10-13)25-14(2)18(24)23-8-6-22(7-9-23)12-16-20-17(11-19)26-21-16/h3-5,10,14H,6-9,11-12,19H2,1-2H3. The average Bonchev–Trinajstić information content (AvgIpc) is 3.09. The number of carbonyl (C=O) groups is 1. The van der Waals surface area contributed by atoms with Crippen LogP contribution in [0.2, 0.25) is 0 Å². The van der Waals surface area contributed by atoms with E-state index >= 15 is 0 Å². The van der Waals surface area contributed by atoms with E-state index in [4.69, 9.17) is 15.0 Å². The Morgan fingerprint density at radius 3 is 2.77 bits per heavy atom. The molecule has 0 spiro atoms. The van der Waals surface area contributed by atoms with Gasteiger partial charge < -0.3 is 19.9 Å². The van der Waals surface area contributed by atoms with Gasteiger partial charge in [-0.25, -0.2) is 0 Å². The number of rotatable bonds is 6. The van der Waals surface area contributed by atoms with E-state index in [9.17, 15) is 4.79 Å². The van der Waals surface area contributed by atoms with Gasteiger partial charge in [-0.3, -0.25) is 9.69 Å². The van der Waals surface area contributed by atoms with E-state index in [0.29, 0.717) is 31.3 Å². The smallest absolute Gasteiger partial charge is 0.263 e. The number of aromatic nitrogens is 2. The zero-order valence-corrected chi connectivity index (χ0v) is 15.2. The molecule has 1 aromatic heterocycles. The van der Waals surface area contributed by atoms with Crippen molar-refractivity contribution in [3.8, 4) is 5.75 Å². The molecule has 1 amide bonds. The number of amides is 1. The van der Waals surface area contributed by atoms with Crippen molar-refractivity contribution in [3.63, 3.8) is 0 Å². The van der Waals surface area contributed by atoms with E-state index in [1.165, 1.54) is 0 Å². The van der Waals surface area contributed by atoms with Crippen LogP contribution < -0.4 is 10.5 Å². The lowest BCUT2D eigenvalue weighted by atomic mass is 10.2. The molecule has 1 aliphatic rings. The summed E-state index contributed by atoms with van der Waals surface area (Å²) < 4.78 is 10.8. The molecule has 0 radical (unpaired) electrons. The minimum atomic E-state index is -0.507. The molecule has 0 bridgehead atoms. The summed E-state index contributed by atoms with van der Waals surface area (Å²) in [6.45, 7) is 7.47. The third-order valence-corrected chi connectivity index (χ3v) is 4.38. The predicted molar refractivity (Wildman–Crippen MR) is 95.3 cm³/mol. The lowest BCUT2D eigenvalue weighted by Crippen LogP contribution is -2.51. The second-order valence-corrected chi connectivity index (χ2v) is 6.49. The molecule has 1 atom stereocenters. The molecule has 1 unspecified atom stereocenters. The van der Waals surface area contributed by atoms with Crippen LogP contribution in [0.3, 0.4) is 0 Å². The molecular formula is C18H25N5O3. The first-order valence-corrected chi connectivity index (χ1v) is 8.81. The van der Waals surface area contributed by atoms with Crippen molar-refractivity contribution < 1.29 is 14.1 Å². The topological polar surface area (TPSA) is 97.7 Å². The van der Waals surface area contributed by atoms with Crippen molar-refractivity contribution >= 4 is 5.91 Å². The van der Waals surface area contributed by atoms with Crippen molar-refractivity contribution in [1.29, 1.82) is 0 Å². The SMILES string of the molecule is Cc1cccc(OC(C)C(=O)N2CCN(Cc3noc(CN)n3)CC2)c1. The number of hydrogen-bond donors (Lipinski definition) is 1. The summed E-state index contributed by atoms with van der Waals surface area (Å²) in [4.78, 5) is 20.9. The first-order chi connectivity index (χ1) is 12.5. The molecule has 3 rings (SSSR count). The summed E-state index contributed by atoms with van der Waals surface area (Å²) in [7, 11) is 0. The molecule has 2 aromatic rings. The molecule has 8 nitrogen and oxygen atoms in total. The monoisotopic (exact) mass is 359 g/mol. The fraction of sp³-hybridized carbons (Fsp3) is 0.500. The van der Waals surface area contributed by atoms with Gasteiger partial charge in [-0.15, -0.1) is 0 Å².